The summed E-state index contributed by atoms with van der Waals surface area (Å²) in [6.45, 7) is 6.71. The molecule has 7 nitrogen and oxygen atoms in total. The van der Waals surface area contributed by atoms with E-state index in [1.165, 1.54) is 5.56 Å². The summed E-state index contributed by atoms with van der Waals surface area (Å²) in [6.07, 6.45) is 2.71. The number of benzene rings is 2. The molecular weight excluding hydrogens is 432 g/mol. The Morgan fingerprint density at radius 1 is 1.15 bits per heavy atom. The molecule has 2 aromatic carbocycles. The normalized spacial score (nSPS) is 15.8. The van der Waals surface area contributed by atoms with Crippen LogP contribution in [0.3, 0.4) is 0 Å². The molecule has 0 radical (unpaired) electrons. The Morgan fingerprint density at radius 2 is 1.97 bits per heavy atom. The quantitative estimate of drug-likeness (QED) is 0.663. The molecule has 0 fully saturated rings. The van der Waals surface area contributed by atoms with Crippen molar-refractivity contribution in [2.45, 2.75) is 58.5 Å². The van der Waals surface area contributed by atoms with Crippen LogP contribution in [0.2, 0.25) is 0 Å². The lowest BCUT2D eigenvalue weighted by Crippen LogP contribution is -2.37. The number of nitrogens with one attached hydrogen (secondary N) is 1. The Morgan fingerprint density at radius 3 is 2.71 bits per heavy atom. The standard InChI is InChI=1S/C27H36N2O5/c1-19(2)21-8-10-24(33-3)23(15-21)17-29-16-22-13-20(14-27(31)32)7-9-25(22)34-12-6-4-5-11-28-26(30)18-29/h7-10,13,15,19H,4-6,11-12,14,16-18H2,1-3H3,(H,28,30)(H,31,32). The van der Waals surface area contributed by atoms with Crippen LogP contribution in [0.15, 0.2) is 36.4 Å². The Balaban J connectivity index is 1.95. The van der Waals surface area contributed by atoms with E-state index in [1.807, 2.05) is 18.2 Å². The number of fused-ring (bicyclic) bond motifs is 1. The number of methoxy groups -OCH3 is 1. The largest absolute Gasteiger partial charge is 0.496 e. The number of carboxylic acid groups (broad SMARTS) is 1. The predicted molar refractivity (Wildman–Crippen MR) is 131 cm³/mol. The third kappa shape index (κ3) is 7.48. The Bertz CT molecular complexity index is 989. The van der Waals surface area contributed by atoms with Crippen LogP contribution >= 0.6 is 0 Å². The van der Waals surface area contributed by atoms with Crippen molar-refractivity contribution in [2.75, 3.05) is 26.8 Å². The van der Waals surface area contributed by atoms with Gasteiger partial charge in [0, 0.05) is 30.8 Å². The average molecular weight is 469 g/mol. The summed E-state index contributed by atoms with van der Waals surface area (Å²) in [5.41, 5.74) is 3.81. The van der Waals surface area contributed by atoms with Gasteiger partial charge in [-0.1, -0.05) is 38.1 Å². The molecule has 0 aromatic heterocycles. The number of carboxylic acids is 1. The van der Waals surface area contributed by atoms with Gasteiger partial charge in [-0.3, -0.25) is 14.5 Å². The first-order valence-electron chi connectivity index (χ1n) is 12.0. The summed E-state index contributed by atoms with van der Waals surface area (Å²) < 4.78 is 11.7. The lowest BCUT2D eigenvalue weighted by Gasteiger charge is -2.25. The van der Waals surface area contributed by atoms with E-state index in [4.69, 9.17) is 9.47 Å². The monoisotopic (exact) mass is 468 g/mol. The number of ether oxygens (including phenoxy) is 2. The van der Waals surface area contributed by atoms with E-state index >= 15 is 0 Å². The van der Waals surface area contributed by atoms with E-state index in [0.717, 1.165) is 41.9 Å². The van der Waals surface area contributed by atoms with Crippen LogP contribution in [0, 0.1) is 0 Å². The first-order chi connectivity index (χ1) is 16.4. The van der Waals surface area contributed by atoms with Crippen molar-refractivity contribution in [1.82, 2.24) is 10.2 Å². The van der Waals surface area contributed by atoms with Gasteiger partial charge in [0.05, 0.1) is 26.7 Å². The molecule has 34 heavy (non-hydrogen) atoms. The van der Waals surface area contributed by atoms with Gasteiger partial charge in [0.1, 0.15) is 11.5 Å². The minimum absolute atomic E-state index is 0.0256. The van der Waals surface area contributed by atoms with Crippen LogP contribution in [0.25, 0.3) is 0 Å². The molecule has 1 aliphatic rings. The number of amides is 1. The molecule has 0 unspecified atom stereocenters. The molecule has 1 amide bonds. The van der Waals surface area contributed by atoms with Gasteiger partial charge in [0.25, 0.3) is 0 Å². The van der Waals surface area contributed by atoms with Crippen LogP contribution < -0.4 is 14.8 Å². The summed E-state index contributed by atoms with van der Waals surface area (Å²) >= 11 is 0. The fraction of sp³-hybridized carbons (Fsp3) is 0.481. The summed E-state index contributed by atoms with van der Waals surface area (Å²) in [4.78, 5) is 26.1. The summed E-state index contributed by atoms with van der Waals surface area (Å²) in [5, 5.41) is 12.3. The van der Waals surface area contributed by atoms with E-state index in [2.05, 4.69) is 36.2 Å². The molecule has 0 atom stereocenters. The zero-order valence-corrected chi connectivity index (χ0v) is 20.4. The Kier molecular flexibility index (Phi) is 9.33. The number of aliphatic carboxylic acids is 1. The van der Waals surface area contributed by atoms with Crippen molar-refractivity contribution in [1.29, 1.82) is 0 Å². The molecule has 0 aliphatic carbocycles. The first kappa shape index (κ1) is 25.6. The fourth-order valence-corrected chi connectivity index (χ4v) is 4.19. The van der Waals surface area contributed by atoms with Gasteiger partial charge in [-0.05, 0) is 48.4 Å². The number of nitrogens with zero attached hydrogens (tertiary/aromatic N) is 1. The molecule has 1 heterocycles. The highest BCUT2D eigenvalue weighted by Gasteiger charge is 2.19. The van der Waals surface area contributed by atoms with Crippen LogP contribution in [0.1, 0.15) is 61.3 Å². The minimum Gasteiger partial charge on any atom is -0.496 e. The van der Waals surface area contributed by atoms with Gasteiger partial charge in [-0.15, -0.1) is 0 Å². The van der Waals surface area contributed by atoms with Crippen molar-refractivity contribution >= 4 is 11.9 Å². The maximum absolute atomic E-state index is 12.7. The highest BCUT2D eigenvalue weighted by Crippen LogP contribution is 2.28. The molecule has 2 aromatic rings. The minimum atomic E-state index is -0.878. The van der Waals surface area contributed by atoms with E-state index in [0.29, 0.717) is 37.7 Å². The number of carbonyl (C=O) groups excluding carboxylic acids is 1. The molecule has 0 saturated heterocycles. The van der Waals surface area contributed by atoms with E-state index < -0.39 is 5.97 Å². The Hall–Kier alpha value is -3.06. The third-order valence-corrected chi connectivity index (χ3v) is 6.01. The van der Waals surface area contributed by atoms with Crippen molar-refractivity contribution in [3.8, 4) is 11.5 Å². The molecular formula is C27H36N2O5. The predicted octanol–water partition coefficient (Wildman–Crippen LogP) is 4.13. The van der Waals surface area contributed by atoms with Crippen molar-refractivity contribution < 1.29 is 24.2 Å². The lowest BCUT2D eigenvalue weighted by atomic mass is 9.99. The summed E-state index contributed by atoms with van der Waals surface area (Å²) in [7, 11) is 1.65. The number of hydrogen-bond donors (Lipinski definition) is 2. The van der Waals surface area contributed by atoms with Crippen molar-refractivity contribution in [2.24, 2.45) is 0 Å². The first-order valence-corrected chi connectivity index (χ1v) is 12.0. The third-order valence-electron chi connectivity index (χ3n) is 6.01. The topological polar surface area (TPSA) is 88.1 Å². The van der Waals surface area contributed by atoms with Gasteiger partial charge >= 0.3 is 5.97 Å². The number of carbonyl (C=O) groups is 2. The van der Waals surface area contributed by atoms with Gasteiger partial charge < -0.3 is 19.9 Å². The second-order valence-corrected chi connectivity index (χ2v) is 9.14. The molecule has 0 spiro atoms. The smallest absolute Gasteiger partial charge is 0.307 e. The van der Waals surface area contributed by atoms with Gasteiger partial charge in [-0.25, -0.2) is 0 Å². The maximum atomic E-state index is 12.7. The molecule has 3 rings (SSSR count). The fourth-order valence-electron chi connectivity index (χ4n) is 4.19. The van der Waals surface area contributed by atoms with E-state index in [9.17, 15) is 14.7 Å². The van der Waals surface area contributed by atoms with E-state index in [-0.39, 0.29) is 18.9 Å². The zero-order valence-electron chi connectivity index (χ0n) is 20.4. The molecule has 7 heteroatoms. The van der Waals surface area contributed by atoms with Crippen LogP contribution in [-0.2, 0) is 29.1 Å². The number of hydrogen-bond acceptors (Lipinski definition) is 5. The van der Waals surface area contributed by atoms with Crippen LogP contribution in [-0.4, -0.2) is 48.7 Å². The summed E-state index contributed by atoms with van der Waals surface area (Å²) in [6, 6.07) is 11.7. The van der Waals surface area contributed by atoms with E-state index in [1.54, 1.807) is 13.2 Å². The van der Waals surface area contributed by atoms with Crippen molar-refractivity contribution in [3.05, 3.63) is 58.7 Å². The summed E-state index contributed by atoms with van der Waals surface area (Å²) in [5.74, 6) is 0.987. The molecule has 2 N–H and O–H groups in total. The van der Waals surface area contributed by atoms with Gasteiger partial charge in [-0.2, -0.15) is 0 Å². The Labute approximate surface area is 202 Å². The second-order valence-electron chi connectivity index (χ2n) is 9.14. The SMILES string of the molecule is COc1ccc(C(C)C)cc1CN1CC(=O)NCCCCCOc2ccc(CC(=O)O)cc2C1. The molecule has 0 bridgehead atoms. The zero-order chi connectivity index (χ0) is 24.5. The van der Waals surface area contributed by atoms with Crippen molar-refractivity contribution in [3.63, 3.8) is 0 Å². The second kappa shape index (κ2) is 12.4. The van der Waals surface area contributed by atoms with Gasteiger partial charge in [0.2, 0.25) is 5.91 Å². The lowest BCUT2D eigenvalue weighted by molar-refractivity contribution is -0.136. The maximum Gasteiger partial charge on any atom is 0.307 e. The highest BCUT2D eigenvalue weighted by atomic mass is 16.5. The van der Waals surface area contributed by atoms with Crippen LogP contribution in [0.5, 0.6) is 11.5 Å². The van der Waals surface area contributed by atoms with Crippen LogP contribution in [0.4, 0.5) is 0 Å². The molecule has 0 saturated carbocycles. The average Bonchev–Trinajstić information content (AvgIpc) is 2.80. The van der Waals surface area contributed by atoms with Gasteiger partial charge in [0.15, 0.2) is 0 Å². The number of rotatable bonds is 6. The molecule has 184 valence electrons. The highest BCUT2D eigenvalue weighted by molar-refractivity contribution is 5.78. The molecule has 1 aliphatic heterocycles.